The molecule has 0 bridgehead atoms. The van der Waals surface area contributed by atoms with Crippen molar-refractivity contribution in [3.05, 3.63) is 12.2 Å². The van der Waals surface area contributed by atoms with Crippen molar-refractivity contribution >= 4 is 11.9 Å². The van der Waals surface area contributed by atoms with E-state index >= 15 is 0 Å². The highest BCUT2D eigenvalue weighted by atomic mass is 16.4. The maximum absolute atomic E-state index is 12.1. The number of carbonyl (C=O) groups excluding carboxylic acids is 1. The van der Waals surface area contributed by atoms with Crippen LogP contribution in [0.2, 0.25) is 0 Å². The van der Waals surface area contributed by atoms with Gasteiger partial charge in [-0.15, -0.1) is 0 Å². The van der Waals surface area contributed by atoms with Crippen molar-refractivity contribution in [3.8, 4) is 0 Å². The van der Waals surface area contributed by atoms with Crippen LogP contribution in [0, 0.1) is 17.3 Å². The van der Waals surface area contributed by atoms with Crippen molar-refractivity contribution in [2.24, 2.45) is 17.3 Å². The number of carbonyl (C=O) groups is 2. The van der Waals surface area contributed by atoms with Crippen LogP contribution in [0.25, 0.3) is 0 Å². The van der Waals surface area contributed by atoms with Gasteiger partial charge < -0.3 is 10.4 Å². The second kappa shape index (κ2) is 6.03. The zero-order valence-corrected chi connectivity index (χ0v) is 11.4. The number of carboxylic acid groups (broad SMARTS) is 1. The molecule has 0 aliphatic heterocycles. The normalized spacial score (nSPS) is 23.7. The second-order valence-corrected chi connectivity index (χ2v) is 5.73. The summed E-state index contributed by atoms with van der Waals surface area (Å²) in [6, 6.07) is 0. The number of amides is 1. The fourth-order valence-electron chi connectivity index (χ4n) is 1.96. The minimum absolute atomic E-state index is 0.0545. The Kier molecular flexibility index (Phi) is 4.93. The van der Waals surface area contributed by atoms with E-state index in [4.69, 9.17) is 5.11 Å². The summed E-state index contributed by atoms with van der Waals surface area (Å²) in [7, 11) is 0. The molecule has 4 heteroatoms. The third-order valence-corrected chi connectivity index (χ3v) is 3.78. The molecule has 102 valence electrons. The molecule has 1 rings (SSSR count). The number of carboxylic acids is 1. The fourth-order valence-corrected chi connectivity index (χ4v) is 1.96. The molecule has 2 N–H and O–H groups in total. The molecule has 4 nitrogen and oxygen atoms in total. The van der Waals surface area contributed by atoms with E-state index in [9.17, 15) is 9.59 Å². The Hall–Kier alpha value is -1.32. The number of allylic oxidation sites excluding steroid dienone is 2. The molecule has 0 aromatic carbocycles. The molecule has 18 heavy (non-hydrogen) atoms. The van der Waals surface area contributed by atoms with Crippen LogP contribution in [-0.4, -0.2) is 23.5 Å². The van der Waals surface area contributed by atoms with Gasteiger partial charge >= 0.3 is 5.97 Å². The molecule has 0 heterocycles. The van der Waals surface area contributed by atoms with E-state index in [1.807, 2.05) is 12.2 Å². The van der Waals surface area contributed by atoms with E-state index in [1.165, 1.54) is 0 Å². The standard InChI is InChI=1S/C14H23NO3/c1-4-14(2,3)9-15-12(16)10-7-5-6-8-11(10)13(17)18/h5-6,10-11H,4,7-9H2,1-3H3,(H,15,16)(H,17,18)/t10-,11+/m1/s1. The number of aliphatic carboxylic acids is 1. The summed E-state index contributed by atoms with van der Waals surface area (Å²) in [4.78, 5) is 23.2. The fraction of sp³-hybridized carbons (Fsp3) is 0.714. The number of hydrogen-bond acceptors (Lipinski definition) is 2. The van der Waals surface area contributed by atoms with E-state index < -0.39 is 17.8 Å². The summed E-state index contributed by atoms with van der Waals surface area (Å²) in [6.07, 6.45) is 5.69. The lowest BCUT2D eigenvalue weighted by atomic mass is 9.82. The molecular formula is C14H23NO3. The van der Waals surface area contributed by atoms with E-state index in [0.29, 0.717) is 19.4 Å². The van der Waals surface area contributed by atoms with Gasteiger partial charge in [-0.25, -0.2) is 0 Å². The molecule has 0 aromatic heterocycles. The third kappa shape index (κ3) is 3.86. The van der Waals surface area contributed by atoms with Crippen molar-refractivity contribution in [3.63, 3.8) is 0 Å². The first kappa shape index (κ1) is 14.7. The SMILES string of the molecule is CCC(C)(C)CNC(=O)[C@@H]1CC=CC[C@@H]1C(=O)O. The molecule has 1 aliphatic carbocycles. The van der Waals surface area contributed by atoms with Crippen LogP contribution in [-0.2, 0) is 9.59 Å². The van der Waals surface area contributed by atoms with E-state index in [-0.39, 0.29) is 11.3 Å². The second-order valence-electron chi connectivity index (χ2n) is 5.73. The zero-order valence-electron chi connectivity index (χ0n) is 11.4. The first-order valence-electron chi connectivity index (χ1n) is 6.53. The van der Waals surface area contributed by atoms with Gasteiger partial charge in [-0.2, -0.15) is 0 Å². The molecule has 0 unspecified atom stereocenters. The van der Waals surface area contributed by atoms with Crippen LogP contribution in [0.1, 0.15) is 40.0 Å². The van der Waals surface area contributed by atoms with Gasteiger partial charge in [0.15, 0.2) is 0 Å². The number of rotatable bonds is 5. The minimum Gasteiger partial charge on any atom is -0.481 e. The minimum atomic E-state index is -0.880. The Morgan fingerprint density at radius 1 is 1.28 bits per heavy atom. The van der Waals surface area contributed by atoms with Crippen LogP contribution >= 0.6 is 0 Å². The van der Waals surface area contributed by atoms with Gasteiger partial charge in [0.25, 0.3) is 0 Å². The van der Waals surface area contributed by atoms with Crippen LogP contribution in [0.5, 0.6) is 0 Å². The van der Waals surface area contributed by atoms with E-state index in [2.05, 4.69) is 26.1 Å². The Morgan fingerprint density at radius 3 is 2.33 bits per heavy atom. The predicted octanol–water partition coefficient (Wildman–Crippen LogP) is 2.21. The summed E-state index contributed by atoms with van der Waals surface area (Å²) in [6.45, 7) is 6.84. The lowest BCUT2D eigenvalue weighted by Crippen LogP contribution is -2.42. The molecule has 0 radical (unpaired) electrons. The van der Waals surface area contributed by atoms with Crippen molar-refractivity contribution in [2.75, 3.05) is 6.54 Å². The van der Waals surface area contributed by atoms with Crippen LogP contribution in [0.4, 0.5) is 0 Å². The maximum atomic E-state index is 12.1. The first-order chi connectivity index (χ1) is 8.37. The monoisotopic (exact) mass is 253 g/mol. The van der Waals surface area contributed by atoms with Crippen LogP contribution in [0.3, 0.4) is 0 Å². The van der Waals surface area contributed by atoms with Gasteiger partial charge in [0.2, 0.25) is 5.91 Å². The molecule has 0 fully saturated rings. The van der Waals surface area contributed by atoms with Gasteiger partial charge in [-0.1, -0.05) is 32.9 Å². The highest BCUT2D eigenvalue weighted by Crippen LogP contribution is 2.26. The lowest BCUT2D eigenvalue weighted by Gasteiger charge is -2.27. The molecule has 1 aliphatic rings. The Labute approximate surface area is 108 Å². The summed E-state index contributed by atoms with van der Waals surface area (Å²) in [5, 5.41) is 12.0. The Morgan fingerprint density at radius 2 is 1.83 bits per heavy atom. The van der Waals surface area contributed by atoms with E-state index in [0.717, 1.165) is 6.42 Å². The van der Waals surface area contributed by atoms with Crippen molar-refractivity contribution in [1.29, 1.82) is 0 Å². The molecular weight excluding hydrogens is 230 g/mol. The molecule has 0 aromatic rings. The largest absolute Gasteiger partial charge is 0.481 e. The number of nitrogens with one attached hydrogen (secondary N) is 1. The van der Waals surface area contributed by atoms with Gasteiger partial charge in [0.1, 0.15) is 0 Å². The average Bonchev–Trinajstić information content (AvgIpc) is 2.36. The van der Waals surface area contributed by atoms with Gasteiger partial charge in [-0.05, 0) is 24.7 Å². The van der Waals surface area contributed by atoms with Gasteiger partial charge in [-0.3, -0.25) is 9.59 Å². The Balaban J connectivity index is 2.60. The van der Waals surface area contributed by atoms with Crippen LogP contribution < -0.4 is 5.32 Å². The smallest absolute Gasteiger partial charge is 0.307 e. The molecule has 0 saturated carbocycles. The predicted molar refractivity (Wildman–Crippen MR) is 70.1 cm³/mol. The first-order valence-corrected chi connectivity index (χ1v) is 6.53. The Bertz CT molecular complexity index is 347. The summed E-state index contributed by atoms with van der Waals surface area (Å²) < 4.78 is 0. The molecule has 0 spiro atoms. The van der Waals surface area contributed by atoms with E-state index in [1.54, 1.807) is 0 Å². The van der Waals surface area contributed by atoms with Crippen molar-refractivity contribution < 1.29 is 14.7 Å². The van der Waals surface area contributed by atoms with Crippen LogP contribution in [0.15, 0.2) is 12.2 Å². The maximum Gasteiger partial charge on any atom is 0.307 e. The number of hydrogen-bond donors (Lipinski definition) is 2. The highest BCUT2D eigenvalue weighted by Gasteiger charge is 2.34. The quantitative estimate of drug-likeness (QED) is 0.738. The molecule has 0 saturated heterocycles. The molecule has 2 atom stereocenters. The molecule has 1 amide bonds. The third-order valence-electron chi connectivity index (χ3n) is 3.78. The highest BCUT2D eigenvalue weighted by molar-refractivity contribution is 5.85. The zero-order chi connectivity index (χ0) is 13.8. The summed E-state index contributed by atoms with van der Waals surface area (Å²) >= 11 is 0. The average molecular weight is 253 g/mol. The van der Waals surface area contributed by atoms with Gasteiger partial charge in [0, 0.05) is 6.54 Å². The van der Waals surface area contributed by atoms with Gasteiger partial charge in [0.05, 0.1) is 11.8 Å². The van der Waals surface area contributed by atoms with Crippen molar-refractivity contribution in [2.45, 2.75) is 40.0 Å². The summed E-state index contributed by atoms with van der Waals surface area (Å²) in [5.41, 5.74) is 0.0545. The topological polar surface area (TPSA) is 66.4 Å². The lowest BCUT2D eigenvalue weighted by molar-refractivity contribution is -0.147. The van der Waals surface area contributed by atoms with Crippen molar-refractivity contribution in [1.82, 2.24) is 5.32 Å². The summed E-state index contributed by atoms with van der Waals surface area (Å²) in [5.74, 6) is -2.03.